The lowest BCUT2D eigenvalue weighted by molar-refractivity contribution is 0.216. The van der Waals surface area contributed by atoms with Crippen molar-refractivity contribution in [3.8, 4) is 0 Å². The van der Waals surface area contributed by atoms with Crippen molar-refractivity contribution < 1.29 is 14.0 Å². The molecule has 0 radical (unpaired) electrons. The van der Waals surface area contributed by atoms with E-state index >= 15 is 0 Å². The molecule has 2 aromatic rings. The predicted molar refractivity (Wildman–Crippen MR) is 92.3 cm³/mol. The lowest BCUT2D eigenvalue weighted by Gasteiger charge is -2.14. The standard InChI is InChI=1S/C17H22N4O3/c1-3-14-11(2)12-5-4-6-13(15(12)24-14)20-16(22)18-7-9-21-10-8-19-17(21)23/h4-6H,3,7-10H2,1-2H3,(H,19,23)(H2,18,20,22). The van der Waals surface area contributed by atoms with Gasteiger partial charge in [0.1, 0.15) is 5.76 Å². The Morgan fingerprint density at radius 1 is 1.42 bits per heavy atom. The fourth-order valence-electron chi connectivity index (χ4n) is 2.92. The zero-order valence-corrected chi connectivity index (χ0v) is 13.9. The van der Waals surface area contributed by atoms with Crippen LogP contribution >= 0.6 is 0 Å². The van der Waals surface area contributed by atoms with Crippen molar-refractivity contribution in [1.29, 1.82) is 0 Å². The topological polar surface area (TPSA) is 86.6 Å². The van der Waals surface area contributed by atoms with Crippen LogP contribution in [0, 0.1) is 6.92 Å². The molecule has 0 atom stereocenters. The summed E-state index contributed by atoms with van der Waals surface area (Å²) in [5.74, 6) is 0.930. The van der Waals surface area contributed by atoms with Gasteiger partial charge in [-0.3, -0.25) is 0 Å². The maximum atomic E-state index is 12.1. The van der Waals surface area contributed by atoms with E-state index in [-0.39, 0.29) is 12.1 Å². The number of carbonyl (C=O) groups is 2. The summed E-state index contributed by atoms with van der Waals surface area (Å²) in [4.78, 5) is 25.2. The number of hydrogen-bond donors (Lipinski definition) is 3. The van der Waals surface area contributed by atoms with E-state index in [0.29, 0.717) is 37.4 Å². The molecule has 7 heteroatoms. The summed E-state index contributed by atoms with van der Waals surface area (Å²) in [5, 5.41) is 9.33. The van der Waals surface area contributed by atoms with E-state index in [0.717, 1.165) is 23.1 Å². The van der Waals surface area contributed by atoms with Gasteiger partial charge >= 0.3 is 12.1 Å². The van der Waals surface area contributed by atoms with Crippen LogP contribution in [0.2, 0.25) is 0 Å². The van der Waals surface area contributed by atoms with Crippen LogP contribution in [-0.2, 0) is 6.42 Å². The number of anilines is 1. The number of fused-ring (bicyclic) bond motifs is 1. The van der Waals surface area contributed by atoms with E-state index in [1.807, 2.05) is 32.0 Å². The molecule has 1 aromatic heterocycles. The third kappa shape index (κ3) is 3.15. The van der Waals surface area contributed by atoms with Gasteiger partial charge in [-0.25, -0.2) is 9.59 Å². The summed E-state index contributed by atoms with van der Waals surface area (Å²) in [6, 6.07) is 5.31. The Hall–Kier alpha value is -2.70. The fraction of sp³-hybridized carbons (Fsp3) is 0.412. The summed E-state index contributed by atoms with van der Waals surface area (Å²) in [6.07, 6.45) is 0.810. The Balaban J connectivity index is 1.62. The Kier molecular flexibility index (Phi) is 4.59. The molecule has 128 valence electrons. The minimum Gasteiger partial charge on any atom is -0.459 e. The first-order valence-electron chi connectivity index (χ1n) is 8.18. The molecule has 1 aliphatic rings. The monoisotopic (exact) mass is 330 g/mol. The molecule has 3 rings (SSSR count). The molecule has 0 bridgehead atoms. The number of urea groups is 2. The number of aryl methyl sites for hydroxylation is 2. The molecule has 1 fully saturated rings. The van der Waals surface area contributed by atoms with Crippen molar-refractivity contribution >= 4 is 28.7 Å². The summed E-state index contributed by atoms with van der Waals surface area (Å²) < 4.78 is 5.88. The Bertz CT molecular complexity index is 769. The lowest BCUT2D eigenvalue weighted by atomic mass is 10.1. The second-order valence-electron chi connectivity index (χ2n) is 5.79. The molecule has 1 aliphatic heterocycles. The molecule has 0 unspecified atom stereocenters. The number of hydrogen-bond acceptors (Lipinski definition) is 3. The fourth-order valence-corrected chi connectivity index (χ4v) is 2.92. The predicted octanol–water partition coefficient (Wildman–Crippen LogP) is 2.45. The second kappa shape index (κ2) is 6.82. The van der Waals surface area contributed by atoms with Crippen molar-refractivity contribution in [3.63, 3.8) is 0 Å². The largest absolute Gasteiger partial charge is 0.459 e. The Morgan fingerprint density at radius 3 is 2.96 bits per heavy atom. The summed E-state index contributed by atoms with van der Waals surface area (Å²) in [6.45, 7) is 6.28. The number of rotatable bonds is 5. The zero-order chi connectivity index (χ0) is 17.1. The van der Waals surface area contributed by atoms with Gasteiger partial charge in [0.05, 0.1) is 5.69 Å². The van der Waals surface area contributed by atoms with E-state index in [9.17, 15) is 9.59 Å². The summed E-state index contributed by atoms with van der Waals surface area (Å²) in [5.41, 5.74) is 2.45. The van der Waals surface area contributed by atoms with Crippen molar-refractivity contribution in [3.05, 3.63) is 29.5 Å². The third-order valence-electron chi connectivity index (χ3n) is 4.24. The molecule has 0 spiro atoms. The molecule has 7 nitrogen and oxygen atoms in total. The van der Waals surface area contributed by atoms with E-state index in [4.69, 9.17) is 4.42 Å². The SMILES string of the molecule is CCc1oc2c(NC(=O)NCCN3CCNC3=O)cccc2c1C. The van der Waals surface area contributed by atoms with E-state index in [1.54, 1.807) is 4.90 Å². The van der Waals surface area contributed by atoms with Gasteiger partial charge in [-0.2, -0.15) is 0 Å². The maximum absolute atomic E-state index is 12.1. The van der Waals surface area contributed by atoms with Gasteiger partial charge in [-0.1, -0.05) is 19.1 Å². The number of benzene rings is 1. The number of carbonyl (C=O) groups excluding carboxylic acids is 2. The molecule has 1 aromatic carbocycles. The minimum atomic E-state index is -0.311. The van der Waals surface area contributed by atoms with Gasteiger partial charge in [0.25, 0.3) is 0 Å². The molecule has 1 saturated heterocycles. The second-order valence-corrected chi connectivity index (χ2v) is 5.79. The van der Waals surface area contributed by atoms with E-state index < -0.39 is 0 Å². The van der Waals surface area contributed by atoms with Gasteiger partial charge in [-0.05, 0) is 18.6 Å². The molecular formula is C17H22N4O3. The van der Waals surface area contributed by atoms with Crippen LogP contribution in [0.4, 0.5) is 15.3 Å². The Labute approximate surface area is 140 Å². The first kappa shape index (κ1) is 16.2. The number of furan rings is 1. The Morgan fingerprint density at radius 2 is 2.25 bits per heavy atom. The van der Waals surface area contributed by atoms with Crippen molar-refractivity contribution in [2.75, 3.05) is 31.5 Å². The highest BCUT2D eigenvalue weighted by atomic mass is 16.3. The first-order chi connectivity index (χ1) is 11.6. The smallest absolute Gasteiger partial charge is 0.319 e. The van der Waals surface area contributed by atoms with Crippen molar-refractivity contribution in [2.24, 2.45) is 0 Å². The average molecular weight is 330 g/mol. The summed E-state index contributed by atoms with van der Waals surface area (Å²) in [7, 11) is 0. The minimum absolute atomic E-state index is 0.0832. The number of nitrogens with zero attached hydrogens (tertiary/aromatic N) is 1. The average Bonchev–Trinajstić information content (AvgIpc) is 3.12. The lowest BCUT2D eigenvalue weighted by Crippen LogP contribution is -2.38. The van der Waals surface area contributed by atoms with Crippen LogP contribution in [0.5, 0.6) is 0 Å². The molecule has 0 saturated carbocycles. The van der Waals surface area contributed by atoms with Crippen LogP contribution in [-0.4, -0.2) is 43.1 Å². The van der Waals surface area contributed by atoms with Gasteiger partial charge in [0.15, 0.2) is 5.58 Å². The van der Waals surface area contributed by atoms with Crippen LogP contribution in [0.3, 0.4) is 0 Å². The van der Waals surface area contributed by atoms with Crippen LogP contribution in [0.25, 0.3) is 11.0 Å². The highest BCUT2D eigenvalue weighted by molar-refractivity contribution is 6.00. The maximum Gasteiger partial charge on any atom is 0.319 e. The van der Waals surface area contributed by atoms with Crippen molar-refractivity contribution in [2.45, 2.75) is 20.3 Å². The van der Waals surface area contributed by atoms with Crippen LogP contribution < -0.4 is 16.0 Å². The molecule has 4 amide bonds. The number of nitrogens with one attached hydrogen (secondary N) is 3. The molecular weight excluding hydrogens is 308 g/mol. The van der Waals surface area contributed by atoms with Crippen LogP contribution in [0.15, 0.2) is 22.6 Å². The zero-order valence-electron chi connectivity index (χ0n) is 13.9. The van der Waals surface area contributed by atoms with Crippen LogP contribution in [0.1, 0.15) is 18.2 Å². The highest BCUT2D eigenvalue weighted by Crippen LogP contribution is 2.31. The normalized spacial score (nSPS) is 14.1. The molecule has 2 heterocycles. The molecule has 0 aliphatic carbocycles. The number of amides is 4. The highest BCUT2D eigenvalue weighted by Gasteiger charge is 2.19. The van der Waals surface area contributed by atoms with Gasteiger partial charge in [-0.15, -0.1) is 0 Å². The molecule has 3 N–H and O–H groups in total. The summed E-state index contributed by atoms with van der Waals surface area (Å²) >= 11 is 0. The van der Waals surface area contributed by atoms with Gasteiger partial charge in [0, 0.05) is 38.0 Å². The quantitative estimate of drug-likeness (QED) is 0.787. The van der Waals surface area contributed by atoms with E-state index in [1.165, 1.54) is 0 Å². The molecule has 24 heavy (non-hydrogen) atoms. The number of para-hydroxylation sites is 1. The van der Waals surface area contributed by atoms with Gasteiger partial charge < -0.3 is 25.3 Å². The van der Waals surface area contributed by atoms with Crippen molar-refractivity contribution in [1.82, 2.24) is 15.5 Å². The third-order valence-corrected chi connectivity index (χ3v) is 4.24. The van der Waals surface area contributed by atoms with E-state index in [2.05, 4.69) is 16.0 Å². The first-order valence-corrected chi connectivity index (χ1v) is 8.18. The van der Waals surface area contributed by atoms with Gasteiger partial charge in [0.2, 0.25) is 0 Å².